The summed E-state index contributed by atoms with van der Waals surface area (Å²) >= 11 is 3.56. The van der Waals surface area contributed by atoms with Gasteiger partial charge in [-0.15, -0.1) is 0 Å². The quantitative estimate of drug-likeness (QED) is 0.860. The summed E-state index contributed by atoms with van der Waals surface area (Å²) < 4.78 is 16.1. The highest BCUT2D eigenvalue weighted by Gasteiger charge is 2.12. The van der Waals surface area contributed by atoms with Crippen LogP contribution in [0, 0.1) is 12.7 Å². The molecule has 102 valence electrons. The fourth-order valence-corrected chi connectivity index (χ4v) is 2.57. The second-order valence-electron chi connectivity index (χ2n) is 4.77. The lowest BCUT2D eigenvalue weighted by Gasteiger charge is -2.17. The van der Waals surface area contributed by atoms with Gasteiger partial charge in [0.1, 0.15) is 5.82 Å². The summed E-state index contributed by atoms with van der Waals surface area (Å²) in [6.07, 6.45) is 0. The maximum atomic E-state index is 13.1. The van der Waals surface area contributed by atoms with Gasteiger partial charge in [-0.05, 0) is 47.6 Å². The molecule has 1 aromatic carbocycles. The molecule has 0 amide bonds. The highest BCUT2D eigenvalue weighted by molar-refractivity contribution is 9.10. The zero-order valence-electron chi connectivity index (χ0n) is 11.3. The molecule has 3 nitrogen and oxygen atoms in total. The molecule has 0 N–H and O–H groups in total. The van der Waals surface area contributed by atoms with E-state index < -0.39 is 0 Å². The zero-order valence-corrected chi connectivity index (χ0v) is 12.9. The first-order valence-corrected chi connectivity index (χ1v) is 6.87. The fraction of sp³-hybridized carbons (Fsp3) is 0.357. The second-order valence-corrected chi connectivity index (χ2v) is 5.56. The molecule has 0 radical (unpaired) electrons. The monoisotopic (exact) mass is 325 g/mol. The Morgan fingerprint density at radius 2 is 2.11 bits per heavy atom. The lowest BCUT2D eigenvalue weighted by molar-refractivity contribution is 0.308. The summed E-state index contributed by atoms with van der Waals surface area (Å²) in [4.78, 5) is 2.13. The van der Waals surface area contributed by atoms with Crippen LogP contribution in [0.15, 0.2) is 28.7 Å². The lowest BCUT2D eigenvalue weighted by Crippen LogP contribution is -2.19. The first-order valence-electron chi connectivity index (χ1n) is 6.08. The van der Waals surface area contributed by atoms with E-state index in [2.05, 4.69) is 25.9 Å². The minimum atomic E-state index is -0.191. The van der Waals surface area contributed by atoms with Crippen LogP contribution in [0.4, 0.5) is 4.39 Å². The van der Waals surface area contributed by atoms with E-state index >= 15 is 0 Å². The second kappa shape index (κ2) is 5.84. The first-order chi connectivity index (χ1) is 8.97. The van der Waals surface area contributed by atoms with Crippen molar-refractivity contribution in [3.05, 3.63) is 51.5 Å². The fourth-order valence-electron chi connectivity index (χ4n) is 2.11. The number of nitrogens with zero attached hydrogens (tertiary/aromatic N) is 3. The Balaban J connectivity index is 2.07. The highest BCUT2D eigenvalue weighted by atomic mass is 79.9. The molecular weight excluding hydrogens is 309 g/mol. The first kappa shape index (κ1) is 14.2. The lowest BCUT2D eigenvalue weighted by atomic mass is 10.2. The molecule has 0 aliphatic carbocycles. The molecule has 0 atom stereocenters. The van der Waals surface area contributed by atoms with Gasteiger partial charge in [0, 0.05) is 20.1 Å². The van der Waals surface area contributed by atoms with Crippen LogP contribution in [0.3, 0.4) is 0 Å². The van der Waals surface area contributed by atoms with Crippen molar-refractivity contribution in [2.75, 3.05) is 7.05 Å². The smallest absolute Gasteiger partial charge is 0.123 e. The van der Waals surface area contributed by atoms with Gasteiger partial charge in [-0.1, -0.05) is 12.1 Å². The average molecular weight is 326 g/mol. The summed E-state index contributed by atoms with van der Waals surface area (Å²) in [7, 11) is 3.95. The van der Waals surface area contributed by atoms with Crippen molar-refractivity contribution >= 4 is 15.9 Å². The number of aryl methyl sites for hydroxylation is 2. The topological polar surface area (TPSA) is 21.1 Å². The third-order valence-corrected chi connectivity index (χ3v) is 4.05. The molecule has 0 unspecified atom stereocenters. The molecule has 0 aliphatic heterocycles. The van der Waals surface area contributed by atoms with Crippen molar-refractivity contribution in [2.45, 2.75) is 20.0 Å². The van der Waals surface area contributed by atoms with Crippen molar-refractivity contribution < 1.29 is 4.39 Å². The van der Waals surface area contributed by atoms with Crippen molar-refractivity contribution in [1.29, 1.82) is 0 Å². The van der Waals surface area contributed by atoms with Gasteiger partial charge in [0.15, 0.2) is 0 Å². The van der Waals surface area contributed by atoms with E-state index in [9.17, 15) is 4.39 Å². The molecule has 0 saturated carbocycles. The van der Waals surface area contributed by atoms with E-state index in [4.69, 9.17) is 0 Å². The molecule has 1 aromatic heterocycles. The van der Waals surface area contributed by atoms with Crippen LogP contribution in [0.1, 0.15) is 17.0 Å². The van der Waals surface area contributed by atoms with E-state index in [-0.39, 0.29) is 5.82 Å². The summed E-state index contributed by atoms with van der Waals surface area (Å²) in [5.74, 6) is -0.191. The Kier molecular flexibility index (Phi) is 4.37. The van der Waals surface area contributed by atoms with Crippen LogP contribution < -0.4 is 0 Å². The normalized spacial score (nSPS) is 11.3. The predicted octanol–water partition coefficient (Wildman–Crippen LogP) is 3.26. The summed E-state index contributed by atoms with van der Waals surface area (Å²) in [5, 5.41) is 4.37. The van der Waals surface area contributed by atoms with Crippen molar-refractivity contribution in [3.8, 4) is 0 Å². The average Bonchev–Trinajstić information content (AvgIpc) is 2.56. The van der Waals surface area contributed by atoms with Crippen LogP contribution in [0.5, 0.6) is 0 Å². The number of hydrogen-bond acceptors (Lipinski definition) is 2. The number of rotatable bonds is 4. The molecule has 0 spiro atoms. The summed E-state index contributed by atoms with van der Waals surface area (Å²) in [5.41, 5.74) is 3.07. The van der Waals surface area contributed by atoms with Crippen LogP contribution in [0.25, 0.3) is 0 Å². The van der Waals surface area contributed by atoms with E-state index in [1.807, 2.05) is 31.8 Å². The van der Waals surface area contributed by atoms with Crippen molar-refractivity contribution in [1.82, 2.24) is 14.7 Å². The number of benzene rings is 1. The minimum absolute atomic E-state index is 0.191. The molecule has 0 bridgehead atoms. The summed E-state index contributed by atoms with van der Waals surface area (Å²) in [6, 6.07) is 6.70. The maximum absolute atomic E-state index is 13.1. The molecule has 0 saturated heterocycles. The van der Waals surface area contributed by atoms with Crippen LogP contribution >= 0.6 is 15.9 Å². The molecule has 1 heterocycles. The highest BCUT2D eigenvalue weighted by Crippen LogP contribution is 2.21. The maximum Gasteiger partial charge on any atom is 0.123 e. The molecular formula is C14H17BrFN3. The van der Waals surface area contributed by atoms with Gasteiger partial charge in [-0.2, -0.15) is 5.10 Å². The molecule has 2 aromatic rings. The Morgan fingerprint density at radius 1 is 1.37 bits per heavy atom. The Morgan fingerprint density at radius 3 is 2.68 bits per heavy atom. The number of hydrogen-bond donors (Lipinski definition) is 0. The SMILES string of the molecule is Cc1nn(C)c(CN(C)Cc2cccc(F)c2)c1Br. The van der Waals surface area contributed by atoms with Crippen LogP contribution in [-0.2, 0) is 20.1 Å². The molecule has 0 aliphatic rings. The molecule has 5 heteroatoms. The molecule has 2 rings (SSSR count). The Bertz CT molecular complexity index is 580. The predicted molar refractivity (Wildman–Crippen MR) is 77.2 cm³/mol. The van der Waals surface area contributed by atoms with Gasteiger partial charge in [0.2, 0.25) is 0 Å². The van der Waals surface area contributed by atoms with Crippen LogP contribution in [0.2, 0.25) is 0 Å². The van der Waals surface area contributed by atoms with Crippen molar-refractivity contribution in [2.24, 2.45) is 7.05 Å². The van der Waals surface area contributed by atoms with Gasteiger partial charge >= 0.3 is 0 Å². The van der Waals surface area contributed by atoms with Crippen molar-refractivity contribution in [3.63, 3.8) is 0 Å². The van der Waals surface area contributed by atoms with Gasteiger partial charge in [-0.25, -0.2) is 4.39 Å². The number of halogens is 2. The standard InChI is InChI=1S/C14H17BrFN3/c1-10-14(15)13(19(3)17-10)9-18(2)8-11-5-4-6-12(16)7-11/h4-7H,8-9H2,1-3H3. The number of aromatic nitrogens is 2. The van der Waals surface area contributed by atoms with Gasteiger partial charge in [0.25, 0.3) is 0 Å². The van der Waals surface area contributed by atoms with E-state index in [0.717, 1.165) is 28.0 Å². The third-order valence-electron chi connectivity index (χ3n) is 3.02. The minimum Gasteiger partial charge on any atom is -0.296 e. The largest absolute Gasteiger partial charge is 0.296 e. The van der Waals surface area contributed by atoms with Gasteiger partial charge in [0.05, 0.1) is 15.9 Å². The van der Waals surface area contributed by atoms with E-state index in [0.29, 0.717) is 6.54 Å². The summed E-state index contributed by atoms with van der Waals surface area (Å²) in [6.45, 7) is 3.43. The Hall–Kier alpha value is -1.20. The van der Waals surface area contributed by atoms with E-state index in [1.54, 1.807) is 12.1 Å². The van der Waals surface area contributed by atoms with E-state index in [1.165, 1.54) is 6.07 Å². The van der Waals surface area contributed by atoms with Gasteiger partial charge < -0.3 is 0 Å². The van der Waals surface area contributed by atoms with Crippen LogP contribution in [-0.4, -0.2) is 21.7 Å². The van der Waals surface area contributed by atoms with Gasteiger partial charge in [-0.3, -0.25) is 9.58 Å². The molecule has 0 fully saturated rings. The Labute approximate surface area is 121 Å². The molecule has 19 heavy (non-hydrogen) atoms. The zero-order chi connectivity index (χ0) is 14.0. The third kappa shape index (κ3) is 3.42.